The molecule has 3 aliphatic rings. The summed E-state index contributed by atoms with van der Waals surface area (Å²) in [6.45, 7) is 1.59. The van der Waals surface area contributed by atoms with Gasteiger partial charge in [-0.3, -0.25) is 4.79 Å². The number of nitrogens with one attached hydrogen (secondary N) is 1. The van der Waals surface area contributed by atoms with Crippen molar-refractivity contribution in [2.45, 2.75) is 54.5 Å². The Morgan fingerprint density at radius 2 is 1.84 bits per heavy atom. The number of fused-ring (bicyclic) bond motifs is 2. The van der Waals surface area contributed by atoms with Gasteiger partial charge < -0.3 is 10.1 Å². The fourth-order valence-corrected chi connectivity index (χ4v) is 6.23. The van der Waals surface area contributed by atoms with Crippen LogP contribution in [0.1, 0.15) is 37.7 Å². The van der Waals surface area contributed by atoms with E-state index in [1.807, 2.05) is 0 Å². The fourth-order valence-electron chi connectivity index (χ4n) is 4.33. The van der Waals surface area contributed by atoms with Crippen molar-refractivity contribution < 1.29 is 17.9 Å². The number of nitrogens with zero attached hydrogens (tertiary/aromatic N) is 1. The molecule has 2 aliphatic heterocycles. The summed E-state index contributed by atoms with van der Waals surface area (Å²) in [5.74, 6) is -0.236. The molecule has 1 saturated carbocycles. The van der Waals surface area contributed by atoms with Crippen molar-refractivity contribution in [3.05, 3.63) is 29.8 Å². The van der Waals surface area contributed by atoms with E-state index in [9.17, 15) is 13.2 Å². The van der Waals surface area contributed by atoms with Crippen LogP contribution in [0.4, 0.5) is 0 Å². The first-order chi connectivity index (χ1) is 12.0. The number of carbonyl (C=O) groups is 1. The minimum Gasteiger partial charge on any atom is -0.468 e. The van der Waals surface area contributed by atoms with E-state index in [0.717, 1.165) is 50.8 Å². The first-order valence-corrected chi connectivity index (χ1v) is 10.4. The molecule has 0 spiro atoms. The van der Waals surface area contributed by atoms with E-state index in [2.05, 4.69) is 5.32 Å². The molecule has 1 aliphatic carbocycles. The predicted molar refractivity (Wildman–Crippen MR) is 92.7 cm³/mol. The van der Waals surface area contributed by atoms with Crippen LogP contribution in [0, 0.1) is 0 Å². The topological polar surface area (TPSA) is 75.7 Å². The number of benzene rings is 1. The van der Waals surface area contributed by atoms with Crippen LogP contribution in [0.3, 0.4) is 0 Å². The average Bonchev–Trinajstić information content (AvgIpc) is 3.34. The van der Waals surface area contributed by atoms with Crippen LogP contribution in [0.2, 0.25) is 0 Å². The molecule has 3 fully saturated rings. The molecule has 1 aromatic carbocycles. The van der Waals surface area contributed by atoms with Gasteiger partial charge in [0.1, 0.15) is 0 Å². The molecule has 25 heavy (non-hydrogen) atoms. The Balaban J connectivity index is 1.62. The normalized spacial score (nSPS) is 28.4. The van der Waals surface area contributed by atoms with E-state index in [1.54, 1.807) is 28.6 Å². The zero-order chi connectivity index (χ0) is 17.7. The van der Waals surface area contributed by atoms with Crippen LogP contribution in [-0.4, -0.2) is 51.0 Å². The molecular weight excluding hydrogens is 340 g/mol. The number of rotatable bonds is 4. The molecule has 2 saturated heterocycles. The standard InChI is InChI=1S/C18H24N2O4S/c1-24-17(21)18(9-10-18)13-2-6-16(7-3-13)25(22,23)20-14-4-5-15(20)12-19-11-8-14/h2-3,6-7,14-15,19H,4-5,8-12H2,1H3. The van der Waals surface area contributed by atoms with Gasteiger partial charge in [0.05, 0.1) is 17.4 Å². The molecule has 0 aromatic heterocycles. The molecule has 6 nitrogen and oxygen atoms in total. The predicted octanol–water partition coefficient (Wildman–Crippen LogP) is 1.41. The summed E-state index contributed by atoms with van der Waals surface area (Å²) in [6, 6.07) is 6.97. The van der Waals surface area contributed by atoms with Gasteiger partial charge >= 0.3 is 5.97 Å². The van der Waals surface area contributed by atoms with Crippen molar-refractivity contribution in [3.63, 3.8) is 0 Å². The summed E-state index contributed by atoms with van der Waals surface area (Å²) >= 11 is 0. The van der Waals surface area contributed by atoms with Gasteiger partial charge in [-0.15, -0.1) is 0 Å². The van der Waals surface area contributed by atoms with E-state index in [1.165, 1.54) is 7.11 Å². The average molecular weight is 364 g/mol. The number of sulfonamides is 1. The molecule has 136 valence electrons. The Kier molecular flexibility index (Phi) is 4.13. The highest BCUT2D eigenvalue weighted by Gasteiger charge is 2.52. The molecular formula is C18H24N2O4S. The molecule has 0 amide bonds. The molecule has 0 radical (unpaired) electrons. The van der Waals surface area contributed by atoms with Gasteiger partial charge in [0.15, 0.2) is 0 Å². The van der Waals surface area contributed by atoms with Crippen LogP contribution < -0.4 is 5.32 Å². The SMILES string of the molecule is COC(=O)C1(c2ccc(S(=O)(=O)N3C4CCNCC3CC4)cc2)CC1. The maximum Gasteiger partial charge on any atom is 0.316 e. The second-order valence-corrected chi connectivity index (χ2v) is 9.15. The summed E-state index contributed by atoms with van der Waals surface area (Å²) in [5.41, 5.74) is 0.279. The second-order valence-electron chi connectivity index (χ2n) is 7.31. The number of methoxy groups -OCH3 is 1. The number of carbonyl (C=O) groups excluding carboxylic acids is 1. The summed E-state index contributed by atoms with van der Waals surface area (Å²) in [7, 11) is -2.12. The molecule has 2 heterocycles. The maximum atomic E-state index is 13.2. The Hall–Kier alpha value is -1.44. The monoisotopic (exact) mass is 364 g/mol. The highest BCUT2D eigenvalue weighted by molar-refractivity contribution is 7.89. The largest absolute Gasteiger partial charge is 0.468 e. The summed E-state index contributed by atoms with van der Waals surface area (Å²) in [6.07, 6.45) is 4.23. The summed E-state index contributed by atoms with van der Waals surface area (Å²) < 4.78 is 33.0. The first-order valence-electron chi connectivity index (χ1n) is 8.92. The van der Waals surface area contributed by atoms with E-state index in [4.69, 9.17) is 4.74 Å². The van der Waals surface area contributed by atoms with Crippen LogP contribution in [0.5, 0.6) is 0 Å². The first kappa shape index (κ1) is 17.0. The fraction of sp³-hybridized carbons (Fsp3) is 0.611. The minimum atomic E-state index is -3.51. The zero-order valence-electron chi connectivity index (χ0n) is 14.4. The Morgan fingerprint density at radius 1 is 1.16 bits per heavy atom. The highest BCUT2D eigenvalue weighted by atomic mass is 32.2. The minimum absolute atomic E-state index is 0.0435. The number of esters is 1. The number of hydrogen-bond acceptors (Lipinski definition) is 5. The van der Waals surface area contributed by atoms with Gasteiger partial charge in [0, 0.05) is 18.6 Å². The van der Waals surface area contributed by atoms with Gasteiger partial charge in [0.2, 0.25) is 10.0 Å². The quantitative estimate of drug-likeness (QED) is 0.818. The van der Waals surface area contributed by atoms with Crippen molar-refractivity contribution in [1.82, 2.24) is 9.62 Å². The number of hydrogen-bond donors (Lipinski definition) is 1. The lowest BCUT2D eigenvalue weighted by Crippen LogP contribution is -2.42. The Bertz CT molecular complexity index is 757. The molecule has 4 rings (SSSR count). The Labute approximate surface area is 148 Å². The second kappa shape index (κ2) is 6.07. The smallest absolute Gasteiger partial charge is 0.316 e. The highest BCUT2D eigenvalue weighted by Crippen LogP contribution is 2.49. The maximum absolute atomic E-state index is 13.2. The van der Waals surface area contributed by atoms with Crippen molar-refractivity contribution in [1.29, 1.82) is 0 Å². The van der Waals surface area contributed by atoms with Crippen molar-refractivity contribution in [2.24, 2.45) is 0 Å². The van der Waals surface area contributed by atoms with Crippen LogP contribution in [-0.2, 0) is 25.0 Å². The van der Waals surface area contributed by atoms with Gasteiger partial charge in [0.25, 0.3) is 0 Å². The van der Waals surface area contributed by atoms with E-state index >= 15 is 0 Å². The lowest BCUT2D eigenvalue weighted by molar-refractivity contribution is -0.143. The van der Waals surface area contributed by atoms with E-state index < -0.39 is 15.4 Å². The third-order valence-corrected chi connectivity index (χ3v) is 7.91. The van der Waals surface area contributed by atoms with Crippen molar-refractivity contribution in [2.75, 3.05) is 20.2 Å². The zero-order valence-corrected chi connectivity index (χ0v) is 15.2. The third kappa shape index (κ3) is 2.69. The van der Waals surface area contributed by atoms with Crippen molar-refractivity contribution in [3.8, 4) is 0 Å². The molecule has 7 heteroatoms. The van der Waals surface area contributed by atoms with Crippen LogP contribution in [0.25, 0.3) is 0 Å². The lowest BCUT2D eigenvalue weighted by Gasteiger charge is -2.27. The van der Waals surface area contributed by atoms with E-state index in [0.29, 0.717) is 4.90 Å². The Morgan fingerprint density at radius 3 is 2.48 bits per heavy atom. The van der Waals surface area contributed by atoms with Gasteiger partial charge in [-0.05, 0) is 56.3 Å². The molecule has 2 bridgehead atoms. The summed E-state index contributed by atoms with van der Waals surface area (Å²) in [4.78, 5) is 12.3. The van der Waals surface area contributed by atoms with Gasteiger partial charge in [-0.2, -0.15) is 4.31 Å². The van der Waals surface area contributed by atoms with Gasteiger partial charge in [-0.1, -0.05) is 12.1 Å². The summed E-state index contributed by atoms with van der Waals surface area (Å²) in [5, 5.41) is 3.33. The van der Waals surface area contributed by atoms with E-state index in [-0.39, 0.29) is 18.1 Å². The van der Waals surface area contributed by atoms with Crippen LogP contribution in [0.15, 0.2) is 29.2 Å². The molecule has 1 N–H and O–H groups in total. The lowest BCUT2D eigenvalue weighted by atomic mass is 9.96. The number of ether oxygens (including phenoxy) is 1. The van der Waals surface area contributed by atoms with Crippen molar-refractivity contribution >= 4 is 16.0 Å². The molecule has 2 atom stereocenters. The molecule has 1 aromatic rings. The molecule has 2 unspecified atom stereocenters. The van der Waals surface area contributed by atoms with Gasteiger partial charge in [-0.25, -0.2) is 8.42 Å². The van der Waals surface area contributed by atoms with Crippen LogP contribution >= 0.6 is 0 Å². The third-order valence-electron chi connectivity index (χ3n) is 5.90.